The molecule has 0 aliphatic rings. The van der Waals surface area contributed by atoms with Gasteiger partial charge in [0.15, 0.2) is 0 Å². The molecule has 0 radical (unpaired) electrons. The summed E-state index contributed by atoms with van der Waals surface area (Å²) in [7, 11) is 3.13. The highest BCUT2D eigenvalue weighted by Gasteiger charge is 2.16. The Balaban J connectivity index is 1.84. The fourth-order valence-corrected chi connectivity index (χ4v) is 3.33. The first-order valence-electron chi connectivity index (χ1n) is 8.33. The number of nitrogens with zero attached hydrogens (tertiary/aromatic N) is 1. The SMILES string of the molecule is COc1ccc(NC(=O)c2cccnc2Sc2ccc(C)cc2)c(OC)c1. The number of carbonyl (C=O) groups excluding carboxylic acids is 1. The molecule has 3 rings (SSSR count). The first-order valence-corrected chi connectivity index (χ1v) is 9.15. The Morgan fingerprint density at radius 2 is 1.81 bits per heavy atom. The highest BCUT2D eigenvalue weighted by Crippen LogP contribution is 2.32. The van der Waals surface area contributed by atoms with Crippen molar-refractivity contribution in [1.82, 2.24) is 4.98 Å². The van der Waals surface area contributed by atoms with Gasteiger partial charge in [0.25, 0.3) is 5.91 Å². The number of aryl methyl sites for hydroxylation is 1. The van der Waals surface area contributed by atoms with E-state index >= 15 is 0 Å². The highest BCUT2D eigenvalue weighted by atomic mass is 32.2. The molecular weight excluding hydrogens is 360 g/mol. The van der Waals surface area contributed by atoms with Crippen LogP contribution in [0.4, 0.5) is 5.69 Å². The summed E-state index contributed by atoms with van der Waals surface area (Å²) in [6, 6.07) is 16.9. The predicted molar refractivity (Wildman–Crippen MR) is 107 cm³/mol. The molecule has 3 aromatic rings. The number of rotatable bonds is 6. The Morgan fingerprint density at radius 1 is 1.04 bits per heavy atom. The molecule has 0 unspecified atom stereocenters. The van der Waals surface area contributed by atoms with Crippen LogP contribution in [0.3, 0.4) is 0 Å². The molecule has 1 aromatic heterocycles. The molecule has 138 valence electrons. The van der Waals surface area contributed by atoms with Gasteiger partial charge in [0, 0.05) is 17.2 Å². The number of hydrogen-bond acceptors (Lipinski definition) is 5. The molecule has 0 bridgehead atoms. The first-order chi connectivity index (χ1) is 13.1. The third-order valence-electron chi connectivity index (χ3n) is 3.91. The molecule has 0 saturated carbocycles. The minimum Gasteiger partial charge on any atom is -0.497 e. The van der Waals surface area contributed by atoms with Gasteiger partial charge >= 0.3 is 0 Å². The standard InChI is InChI=1S/C21H20N2O3S/c1-14-6-9-16(10-7-14)27-21-17(5-4-12-22-21)20(24)23-18-11-8-15(25-2)13-19(18)26-3/h4-13H,1-3H3,(H,23,24). The molecular formula is C21H20N2O3S. The summed E-state index contributed by atoms with van der Waals surface area (Å²) >= 11 is 1.45. The van der Waals surface area contributed by atoms with Crippen molar-refractivity contribution in [2.75, 3.05) is 19.5 Å². The number of nitrogens with one attached hydrogen (secondary N) is 1. The zero-order valence-electron chi connectivity index (χ0n) is 15.4. The summed E-state index contributed by atoms with van der Waals surface area (Å²) in [4.78, 5) is 18.3. The van der Waals surface area contributed by atoms with Gasteiger partial charge in [-0.05, 0) is 43.3 Å². The van der Waals surface area contributed by atoms with Crippen LogP contribution in [0.5, 0.6) is 11.5 Å². The molecule has 0 aliphatic carbocycles. The number of pyridine rings is 1. The minimum atomic E-state index is -0.249. The number of ether oxygens (including phenoxy) is 2. The predicted octanol–water partition coefficient (Wildman–Crippen LogP) is 4.81. The van der Waals surface area contributed by atoms with Crippen molar-refractivity contribution >= 4 is 23.4 Å². The van der Waals surface area contributed by atoms with E-state index < -0.39 is 0 Å². The molecule has 0 fully saturated rings. The molecule has 27 heavy (non-hydrogen) atoms. The number of methoxy groups -OCH3 is 2. The molecule has 0 spiro atoms. The normalized spacial score (nSPS) is 10.3. The summed E-state index contributed by atoms with van der Waals surface area (Å²) in [5.41, 5.74) is 2.25. The molecule has 1 amide bonds. The summed E-state index contributed by atoms with van der Waals surface area (Å²) in [5, 5.41) is 3.54. The number of benzene rings is 2. The van der Waals surface area contributed by atoms with Gasteiger partial charge in [-0.1, -0.05) is 29.5 Å². The quantitative estimate of drug-likeness (QED) is 0.665. The van der Waals surface area contributed by atoms with E-state index in [2.05, 4.69) is 10.3 Å². The molecule has 2 aromatic carbocycles. The van der Waals surface area contributed by atoms with E-state index in [4.69, 9.17) is 9.47 Å². The maximum absolute atomic E-state index is 12.9. The average molecular weight is 380 g/mol. The zero-order valence-corrected chi connectivity index (χ0v) is 16.2. The van der Waals surface area contributed by atoms with Crippen LogP contribution in [0.2, 0.25) is 0 Å². The zero-order chi connectivity index (χ0) is 19.2. The van der Waals surface area contributed by atoms with Gasteiger partial charge in [0.2, 0.25) is 0 Å². The van der Waals surface area contributed by atoms with E-state index in [1.165, 1.54) is 17.3 Å². The molecule has 0 saturated heterocycles. The Kier molecular flexibility index (Phi) is 5.98. The Hall–Kier alpha value is -2.99. The van der Waals surface area contributed by atoms with E-state index in [-0.39, 0.29) is 5.91 Å². The maximum atomic E-state index is 12.9. The minimum absolute atomic E-state index is 0.249. The van der Waals surface area contributed by atoms with E-state index in [0.29, 0.717) is 27.8 Å². The fourth-order valence-electron chi connectivity index (χ4n) is 2.45. The average Bonchev–Trinajstić information content (AvgIpc) is 2.70. The van der Waals surface area contributed by atoms with Crippen LogP contribution in [-0.4, -0.2) is 25.1 Å². The Labute approximate surface area is 162 Å². The lowest BCUT2D eigenvalue weighted by Crippen LogP contribution is -2.14. The summed E-state index contributed by atoms with van der Waals surface area (Å²) in [6.07, 6.45) is 1.68. The van der Waals surface area contributed by atoms with Crippen molar-refractivity contribution < 1.29 is 14.3 Å². The Bertz CT molecular complexity index is 942. The lowest BCUT2D eigenvalue weighted by molar-refractivity contribution is 0.102. The van der Waals surface area contributed by atoms with Gasteiger partial charge in [-0.2, -0.15) is 0 Å². The molecule has 1 heterocycles. The van der Waals surface area contributed by atoms with Gasteiger partial charge in [0.1, 0.15) is 16.5 Å². The fraction of sp³-hybridized carbons (Fsp3) is 0.143. The van der Waals surface area contributed by atoms with Gasteiger partial charge in [-0.3, -0.25) is 4.79 Å². The van der Waals surface area contributed by atoms with E-state index in [0.717, 1.165) is 4.90 Å². The van der Waals surface area contributed by atoms with Crippen LogP contribution in [0.25, 0.3) is 0 Å². The lowest BCUT2D eigenvalue weighted by Gasteiger charge is -2.13. The number of anilines is 1. The second-order valence-corrected chi connectivity index (χ2v) is 6.85. The molecule has 1 N–H and O–H groups in total. The summed E-state index contributed by atoms with van der Waals surface area (Å²) < 4.78 is 10.5. The van der Waals surface area contributed by atoms with Crippen molar-refractivity contribution in [2.45, 2.75) is 16.8 Å². The largest absolute Gasteiger partial charge is 0.497 e. The number of amides is 1. The van der Waals surface area contributed by atoms with Crippen LogP contribution < -0.4 is 14.8 Å². The Morgan fingerprint density at radius 3 is 2.52 bits per heavy atom. The molecule has 5 nitrogen and oxygen atoms in total. The van der Waals surface area contributed by atoms with Gasteiger partial charge in [-0.25, -0.2) is 4.98 Å². The molecule has 0 aliphatic heterocycles. The first kappa shape index (κ1) is 18.8. The van der Waals surface area contributed by atoms with Crippen LogP contribution in [0.15, 0.2) is 70.7 Å². The van der Waals surface area contributed by atoms with E-state index in [1.807, 2.05) is 31.2 Å². The number of carbonyl (C=O) groups is 1. The van der Waals surface area contributed by atoms with Gasteiger partial charge in [0.05, 0.1) is 25.5 Å². The molecule has 6 heteroatoms. The number of aromatic nitrogens is 1. The molecule has 0 atom stereocenters. The summed E-state index contributed by atoms with van der Waals surface area (Å²) in [5.74, 6) is 0.933. The smallest absolute Gasteiger partial charge is 0.258 e. The van der Waals surface area contributed by atoms with E-state index in [1.54, 1.807) is 50.7 Å². The third-order valence-corrected chi connectivity index (χ3v) is 4.93. The monoisotopic (exact) mass is 380 g/mol. The van der Waals surface area contributed by atoms with Crippen LogP contribution in [0, 0.1) is 6.92 Å². The van der Waals surface area contributed by atoms with E-state index in [9.17, 15) is 4.79 Å². The second-order valence-electron chi connectivity index (χ2n) is 5.79. The van der Waals surface area contributed by atoms with Crippen molar-refractivity contribution in [2.24, 2.45) is 0 Å². The van der Waals surface area contributed by atoms with Crippen molar-refractivity contribution in [3.63, 3.8) is 0 Å². The van der Waals surface area contributed by atoms with Crippen LogP contribution >= 0.6 is 11.8 Å². The van der Waals surface area contributed by atoms with Crippen molar-refractivity contribution in [3.05, 3.63) is 71.9 Å². The van der Waals surface area contributed by atoms with Crippen LogP contribution in [-0.2, 0) is 0 Å². The third kappa shape index (κ3) is 4.60. The lowest BCUT2D eigenvalue weighted by atomic mass is 10.2. The van der Waals surface area contributed by atoms with Crippen molar-refractivity contribution in [1.29, 1.82) is 0 Å². The second kappa shape index (κ2) is 8.60. The van der Waals surface area contributed by atoms with Crippen molar-refractivity contribution in [3.8, 4) is 11.5 Å². The van der Waals surface area contributed by atoms with Crippen LogP contribution in [0.1, 0.15) is 15.9 Å². The maximum Gasteiger partial charge on any atom is 0.258 e. The summed E-state index contributed by atoms with van der Waals surface area (Å²) in [6.45, 7) is 2.04. The highest BCUT2D eigenvalue weighted by molar-refractivity contribution is 7.99. The topological polar surface area (TPSA) is 60.5 Å². The number of hydrogen-bond donors (Lipinski definition) is 1. The van der Waals surface area contributed by atoms with Gasteiger partial charge in [-0.15, -0.1) is 0 Å². The van der Waals surface area contributed by atoms with Gasteiger partial charge < -0.3 is 14.8 Å².